The zero-order valence-corrected chi connectivity index (χ0v) is 6.91. The molecule has 0 spiro atoms. The van der Waals surface area contributed by atoms with E-state index in [1.165, 1.54) is 0 Å². The number of aldehydes is 1. The van der Waals surface area contributed by atoms with Gasteiger partial charge in [-0.3, -0.25) is 4.79 Å². The van der Waals surface area contributed by atoms with Crippen molar-refractivity contribution < 1.29 is 14.7 Å². The normalized spacial score (nSPS) is 15.5. The monoisotopic (exact) mass is 158 g/mol. The minimum atomic E-state index is -0.869. The highest BCUT2D eigenvalue weighted by molar-refractivity contribution is 5.74. The van der Waals surface area contributed by atoms with Crippen LogP contribution in [-0.2, 0) is 9.59 Å². The third kappa shape index (κ3) is 2.70. The summed E-state index contributed by atoms with van der Waals surface area (Å²) in [5.74, 6) is -1.69. The molecule has 0 fully saturated rings. The Kier molecular flexibility index (Phi) is 4.50. The molecule has 0 bridgehead atoms. The van der Waals surface area contributed by atoms with Crippen molar-refractivity contribution in [2.24, 2.45) is 11.8 Å². The molecule has 64 valence electrons. The van der Waals surface area contributed by atoms with Crippen molar-refractivity contribution >= 4 is 12.3 Å². The Bertz CT molecular complexity index is 142. The Morgan fingerprint density at radius 2 is 2.00 bits per heavy atom. The van der Waals surface area contributed by atoms with E-state index in [0.717, 1.165) is 6.29 Å². The molecule has 3 nitrogen and oxygen atoms in total. The number of carbonyl (C=O) groups excluding carboxylic acids is 1. The first-order valence-electron chi connectivity index (χ1n) is 3.85. The zero-order chi connectivity index (χ0) is 8.85. The van der Waals surface area contributed by atoms with Crippen LogP contribution in [0.15, 0.2) is 0 Å². The molecular weight excluding hydrogens is 144 g/mol. The second-order valence-electron chi connectivity index (χ2n) is 2.56. The number of hydrogen-bond donors (Lipinski definition) is 1. The fourth-order valence-corrected chi connectivity index (χ4v) is 1.14. The first-order valence-corrected chi connectivity index (χ1v) is 3.85. The second kappa shape index (κ2) is 4.88. The van der Waals surface area contributed by atoms with Gasteiger partial charge in [0.2, 0.25) is 0 Å². The van der Waals surface area contributed by atoms with E-state index in [4.69, 9.17) is 5.11 Å². The second-order valence-corrected chi connectivity index (χ2v) is 2.56. The van der Waals surface area contributed by atoms with E-state index in [1.807, 2.05) is 6.92 Å². The maximum Gasteiger partial charge on any atom is 0.307 e. The van der Waals surface area contributed by atoms with Gasteiger partial charge in [-0.05, 0) is 12.8 Å². The largest absolute Gasteiger partial charge is 0.481 e. The summed E-state index contributed by atoms with van der Waals surface area (Å²) in [5.41, 5.74) is 0. The summed E-state index contributed by atoms with van der Waals surface area (Å²) in [4.78, 5) is 20.9. The molecule has 0 saturated heterocycles. The summed E-state index contributed by atoms with van der Waals surface area (Å²) in [7, 11) is 0. The van der Waals surface area contributed by atoms with Crippen LogP contribution in [0.1, 0.15) is 26.7 Å². The van der Waals surface area contributed by atoms with Crippen molar-refractivity contribution in [1.29, 1.82) is 0 Å². The number of hydrogen-bond acceptors (Lipinski definition) is 2. The van der Waals surface area contributed by atoms with Crippen LogP contribution in [0.25, 0.3) is 0 Å². The van der Waals surface area contributed by atoms with Crippen molar-refractivity contribution in [1.82, 2.24) is 0 Å². The molecule has 11 heavy (non-hydrogen) atoms. The molecule has 0 aliphatic rings. The Morgan fingerprint density at radius 1 is 1.45 bits per heavy atom. The summed E-state index contributed by atoms with van der Waals surface area (Å²) < 4.78 is 0. The SMILES string of the molecule is CCC(C=O)C(CC)C(=O)O. The van der Waals surface area contributed by atoms with Crippen LogP contribution < -0.4 is 0 Å². The van der Waals surface area contributed by atoms with E-state index >= 15 is 0 Å². The van der Waals surface area contributed by atoms with Gasteiger partial charge in [-0.25, -0.2) is 0 Å². The van der Waals surface area contributed by atoms with E-state index in [0.29, 0.717) is 12.8 Å². The Hall–Kier alpha value is -0.860. The Balaban J connectivity index is 4.20. The lowest BCUT2D eigenvalue weighted by atomic mass is 9.89. The molecule has 0 aromatic rings. The van der Waals surface area contributed by atoms with E-state index < -0.39 is 11.9 Å². The highest BCUT2D eigenvalue weighted by Gasteiger charge is 2.24. The molecule has 0 aromatic heterocycles. The molecule has 3 heteroatoms. The summed E-state index contributed by atoms with van der Waals surface area (Å²) in [6.07, 6.45) is 1.86. The molecule has 0 rings (SSSR count). The van der Waals surface area contributed by atoms with Crippen LogP contribution in [0.4, 0.5) is 0 Å². The van der Waals surface area contributed by atoms with Crippen LogP contribution >= 0.6 is 0 Å². The third-order valence-electron chi connectivity index (χ3n) is 1.92. The Morgan fingerprint density at radius 3 is 2.09 bits per heavy atom. The molecular formula is C8H14O3. The lowest BCUT2D eigenvalue weighted by Gasteiger charge is -2.14. The molecule has 0 aliphatic heterocycles. The summed E-state index contributed by atoms with van der Waals surface area (Å²) in [5, 5.41) is 8.65. The van der Waals surface area contributed by atoms with Crippen molar-refractivity contribution in [2.75, 3.05) is 0 Å². The average molecular weight is 158 g/mol. The van der Waals surface area contributed by atoms with Gasteiger partial charge in [0, 0.05) is 5.92 Å². The Labute approximate surface area is 66.4 Å². The topological polar surface area (TPSA) is 54.4 Å². The van der Waals surface area contributed by atoms with E-state index in [-0.39, 0.29) is 5.92 Å². The maximum absolute atomic E-state index is 10.5. The van der Waals surface area contributed by atoms with Gasteiger partial charge < -0.3 is 9.90 Å². The van der Waals surface area contributed by atoms with Gasteiger partial charge in [-0.2, -0.15) is 0 Å². The standard InChI is InChI=1S/C8H14O3/c1-3-6(5-9)7(4-2)8(10)11/h5-7H,3-4H2,1-2H3,(H,10,11). The lowest BCUT2D eigenvalue weighted by molar-refractivity contribution is -0.145. The molecule has 0 saturated carbocycles. The third-order valence-corrected chi connectivity index (χ3v) is 1.92. The van der Waals surface area contributed by atoms with Crippen LogP contribution in [0.3, 0.4) is 0 Å². The number of carbonyl (C=O) groups is 2. The van der Waals surface area contributed by atoms with Crippen LogP contribution in [-0.4, -0.2) is 17.4 Å². The molecule has 1 N–H and O–H groups in total. The van der Waals surface area contributed by atoms with Gasteiger partial charge in [0.25, 0.3) is 0 Å². The van der Waals surface area contributed by atoms with E-state index in [2.05, 4.69) is 0 Å². The number of carboxylic acids is 1. The van der Waals surface area contributed by atoms with Crippen LogP contribution in [0, 0.1) is 11.8 Å². The highest BCUT2D eigenvalue weighted by atomic mass is 16.4. The van der Waals surface area contributed by atoms with Crippen molar-refractivity contribution in [3.63, 3.8) is 0 Å². The molecule has 0 radical (unpaired) electrons. The smallest absolute Gasteiger partial charge is 0.307 e. The molecule has 0 amide bonds. The van der Waals surface area contributed by atoms with Gasteiger partial charge in [-0.1, -0.05) is 13.8 Å². The van der Waals surface area contributed by atoms with Crippen molar-refractivity contribution in [3.8, 4) is 0 Å². The number of carboxylic acid groups (broad SMARTS) is 1. The lowest BCUT2D eigenvalue weighted by Crippen LogP contribution is -2.23. The van der Waals surface area contributed by atoms with E-state index in [1.54, 1.807) is 6.92 Å². The molecule has 0 aliphatic carbocycles. The van der Waals surface area contributed by atoms with E-state index in [9.17, 15) is 9.59 Å². The predicted molar refractivity (Wildman–Crippen MR) is 41.3 cm³/mol. The fraction of sp³-hybridized carbons (Fsp3) is 0.750. The zero-order valence-electron chi connectivity index (χ0n) is 6.91. The summed E-state index contributed by atoms with van der Waals surface area (Å²) in [6.45, 7) is 3.61. The minimum absolute atomic E-state index is 0.322. The first-order chi connectivity index (χ1) is 5.17. The number of rotatable bonds is 5. The van der Waals surface area contributed by atoms with Crippen LogP contribution in [0.2, 0.25) is 0 Å². The van der Waals surface area contributed by atoms with Crippen LogP contribution in [0.5, 0.6) is 0 Å². The average Bonchev–Trinajstić information content (AvgIpc) is 1.99. The van der Waals surface area contributed by atoms with Gasteiger partial charge >= 0.3 is 5.97 Å². The predicted octanol–water partition coefficient (Wildman–Crippen LogP) is 1.32. The summed E-state index contributed by atoms with van der Waals surface area (Å²) in [6, 6.07) is 0. The fourth-order valence-electron chi connectivity index (χ4n) is 1.14. The quantitative estimate of drug-likeness (QED) is 0.614. The molecule has 2 atom stereocenters. The van der Waals surface area contributed by atoms with Gasteiger partial charge in [0.05, 0.1) is 5.92 Å². The van der Waals surface area contributed by atoms with Gasteiger partial charge in [-0.15, -0.1) is 0 Å². The van der Waals surface area contributed by atoms with Gasteiger partial charge in [0.1, 0.15) is 6.29 Å². The first kappa shape index (κ1) is 10.1. The summed E-state index contributed by atoms with van der Waals surface area (Å²) >= 11 is 0. The minimum Gasteiger partial charge on any atom is -0.481 e. The maximum atomic E-state index is 10.5. The highest BCUT2D eigenvalue weighted by Crippen LogP contribution is 2.17. The molecule has 2 unspecified atom stereocenters. The van der Waals surface area contributed by atoms with Gasteiger partial charge in [0.15, 0.2) is 0 Å². The molecule has 0 aromatic carbocycles. The van der Waals surface area contributed by atoms with Crippen molar-refractivity contribution in [3.05, 3.63) is 0 Å². The number of aliphatic carboxylic acids is 1. The van der Waals surface area contributed by atoms with Crippen molar-refractivity contribution in [2.45, 2.75) is 26.7 Å². The molecule has 0 heterocycles.